The van der Waals surface area contributed by atoms with Gasteiger partial charge in [-0.15, -0.1) is 11.3 Å². The van der Waals surface area contributed by atoms with E-state index in [0.717, 1.165) is 64.8 Å². The standard InChI is InChI=1S/C27H35N3O3S/c1-4-5-15-28-27(31)23-16-25(30(19(23)2)20-9-7-6-8-10-20)24-18-34-26(29-24)17-33-22-13-11-21(32-3)12-14-22/h11-14,16,18,20H,4-10,15,17H2,1-3H3,(H,28,31). The molecule has 0 bridgehead atoms. The van der Waals surface area contributed by atoms with E-state index < -0.39 is 0 Å². The second-order valence-electron chi connectivity index (χ2n) is 8.89. The van der Waals surface area contributed by atoms with Gasteiger partial charge in [0, 0.05) is 23.7 Å². The predicted octanol–water partition coefficient (Wildman–Crippen LogP) is 6.54. The smallest absolute Gasteiger partial charge is 0.253 e. The number of rotatable bonds is 10. The topological polar surface area (TPSA) is 65.4 Å². The third-order valence-corrected chi connectivity index (χ3v) is 7.35. The van der Waals surface area contributed by atoms with Crippen LogP contribution in [0.25, 0.3) is 11.4 Å². The van der Waals surface area contributed by atoms with Crippen molar-refractivity contribution in [3.8, 4) is 22.9 Å². The minimum Gasteiger partial charge on any atom is -0.497 e. The van der Waals surface area contributed by atoms with Crippen molar-refractivity contribution < 1.29 is 14.3 Å². The number of nitrogens with one attached hydrogen (secondary N) is 1. The molecule has 2 heterocycles. The Labute approximate surface area is 206 Å². The molecule has 0 saturated heterocycles. The third-order valence-electron chi connectivity index (χ3n) is 6.53. The lowest BCUT2D eigenvalue weighted by Crippen LogP contribution is -2.25. The van der Waals surface area contributed by atoms with Crippen LogP contribution in [0.3, 0.4) is 0 Å². The highest BCUT2D eigenvalue weighted by atomic mass is 32.1. The fraction of sp³-hybridized carbons (Fsp3) is 0.481. The van der Waals surface area contributed by atoms with Crippen molar-refractivity contribution in [2.75, 3.05) is 13.7 Å². The number of aromatic nitrogens is 2. The van der Waals surface area contributed by atoms with E-state index in [1.165, 1.54) is 19.3 Å². The molecule has 0 atom stereocenters. The van der Waals surface area contributed by atoms with Crippen molar-refractivity contribution in [1.29, 1.82) is 0 Å². The molecule has 7 heteroatoms. The molecule has 6 nitrogen and oxygen atoms in total. The molecule has 1 fully saturated rings. The van der Waals surface area contributed by atoms with E-state index in [9.17, 15) is 4.79 Å². The van der Waals surface area contributed by atoms with Gasteiger partial charge in [-0.25, -0.2) is 4.98 Å². The molecule has 0 spiro atoms. The number of methoxy groups -OCH3 is 1. The van der Waals surface area contributed by atoms with E-state index in [4.69, 9.17) is 14.5 Å². The van der Waals surface area contributed by atoms with Gasteiger partial charge in [-0.1, -0.05) is 32.6 Å². The lowest BCUT2D eigenvalue weighted by molar-refractivity contribution is 0.0952. The second kappa shape index (κ2) is 11.6. The molecule has 34 heavy (non-hydrogen) atoms. The molecular formula is C27H35N3O3S. The molecule has 1 amide bonds. The number of unbranched alkanes of at least 4 members (excludes halogenated alkanes) is 1. The second-order valence-corrected chi connectivity index (χ2v) is 9.83. The summed E-state index contributed by atoms with van der Waals surface area (Å²) in [5, 5.41) is 6.08. The zero-order chi connectivity index (χ0) is 23.9. The monoisotopic (exact) mass is 481 g/mol. The summed E-state index contributed by atoms with van der Waals surface area (Å²) in [6.45, 7) is 5.33. The van der Waals surface area contributed by atoms with Crippen LogP contribution in [0.15, 0.2) is 35.7 Å². The van der Waals surface area contributed by atoms with Crippen LogP contribution in [0.5, 0.6) is 11.5 Å². The number of carbonyl (C=O) groups excluding carboxylic acids is 1. The van der Waals surface area contributed by atoms with Gasteiger partial charge in [-0.05, 0) is 56.5 Å². The van der Waals surface area contributed by atoms with Crippen molar-refractivity contribution >= 4 is 17.2 Å². The van der Waals surface area contributed by atoms with E-state index in [-0.39, 0.29) is 5.91 Å². The largest absolute Gasteiger partial charge is 0.497 e. The molecular weight excluding hydrogens is 446 g/mol. The van der Waals surface area contributed by atoms with Gasteiger partial charge in [0.05, 0.1) is 24.1 Å². The van der Waals surface area contributed by atoms with Crippen molar-refractivity contribution in [3.05, 3.63) is 52.0 Å². The number of carbonyl (C=O) groups is 1. The van der Waals surface area contributed by atoms with E-state index >= 15 is 0 Å². The SMILES string of the molecule is CCCCNC(=O)c1cc(-c2csc(COc3ccc(OC)cc3)n2)n(C2CCCCC2)c1C. The van der Waals surface area contributed by atoms with Crippen LogP contribution in [0.1, 0.15) is 79.0 Å². The summed E-state index contributed by atoms with van der Waals surface area (Å²) >= 11 is 1.59. The summed E-state index contributed by atoms with van der Waals surface area (Å²) < 4.78 is 13.5. The lowest BCUT2D eigenvalue weighted by atomic mass is 9.95. The van der Waals surface area contributed by atoms with Gasteiger partial charge >= 0.3 is 0 Å². The average molecular weight is 482 g/mol. The average Bonchev–Trinajstić information content (AvgIpc) is 3.48. The number of amides is 1. The number of benzene rings is 1. The molecule has 1 aromatic carbocycles. The van der Waals surface area contributed by atoms with Crippen LogP contribution in [0.4, 0.5) is 0 Å². The summed E-state index contributed by atoms with van der Waals surface area (Å²) in [6.07, 6.45) is 8.11. The number of ether oxygens (including phenoxy) is 2. The highest BCUT2D eigenvalue weighted by Crippen LogP contribution is 2.36. The van der Waals surface area contributed by atoms with Gasteiger partial charge in [0.25, 0.3) is 5.91 Å². The summed E-state index contributed by atoms with van der Waals surface area (Å²) in [5.74, 6) is 1.60. The van der Waals surface area contributed by atoms with Gasteiger partial charge in [-0.2, -0.15) is 0 Å². The first-order chi connectivity index (χ1) is 16.6. The Bertz CT molecular complexity index is 1080. The van der Waals surface area contributed by atoms with Gasteiger partial charge < -0.3 is 19.4 Å². The lowest BCUT2D eigenvalue weighted by Gasteiger charge is -2.26. The molecule has 4 rings (SSSR count). The molecule has 182 valence electrons. The van der Waals surface area contributed by atoms with E-state index in [0.29, 0.717) is 19.2 Å². The Morgan fingerprint density at radius 3 is 2.62 bits per heavy atom. The highest BCUT2D eigenvalue weighted by molar-refractivity contribution is 7.09. The van der Waals surface area contributed by atoms with Crippen molar-refractivity contribution in [1.82, 2.24) is 14.9 Å². The van der Waals surface area contributed by atoms with E-state index in [2.05, 4.69) is 29.1 Å². The highest BCUT2D eigenvalue weighted by Gasteiger charge is 2.25. The first-order valence-electron chi connectivity index (χ1n) is 12.3. The maximum absolute atomic E-state index is 13.0. The molecule has 2 aromatic heterocycles. The van der Waals surface area contributed by atoms with Crippen LogP contribution in [0, 0.1) is 6.92 Å². The Kier molecular flexibility index (Phi) is 8.27. The minimum absolute atomic E-state index is 0.0139. The zero-order valence-electron chi connectivity index (χ0n) is 20.4. The van der Waals surface area contributed by atoms with Crippen molar-refractivity contribution in [2.24, 2.45) is 0 Å². The fourth-order valence-corrected chi connectivity index (χ4v) is 5.34. The van der Waals surface area contributed by atoms with Crippen molar-refractivity contribution in [3.63, 3.8) is 0 Å². The maximum Gasteiger partial charge on any atom is 0.253 e. The van der Waals surface area contributed by atoms with Gasteiger partial charge in [0.2, 0.25) is 0 Å². The zero-order valence-corrected chi connectivity index (χ0v) is 21.2. The first-order valence-corrected chi connectivity index (χ1v) is 13.2. The summed E-state index contributed by atoms with van der Waals surface area (Å²) in [7, 11) is 1.65. The molecule has 0 unspecified atom stereocenters. The molecule has 1 aliphatic carbocycles. The quantitative estimate of drug-likeness (QED) is 0.334. The molecule has 3 aromatic rings. The van der Waals surface area contributed by atoms with Gasteiger partial charge in [0.1, 0.15) is 23.1 Å². The first kappa shape index (κ1) is 24.3. The Morgan fingerprint density at radius 1 is 1.18 bits per heavy atom. The number of hydrogen-bond acceptors (Lipinski definition) is 5. The number of nitrogens with zero attached hydrogens (tertiary/aromatic N) is 2. The summed E-state index contributed by atoms with van der Waals surface area (Å²) in [5.41, 5.74) is 3.76. The molecule has 0 aliphatic heterocycles. The van der Waals surface area contributed by atoms with E-state index in [1.54, 1.807) is 18.4 Å². The molecule has 1 aliphatic rings. The number of hydrogen-bond donors (Lipinski definition) is 1. The summed E-state index contributed by atoms with van der Waals surface area (Å²) in [6, 6.07) is 10.0. The van der Waals surface area contributed by atoms with Crippen LogP contribution in [-0.4, -0.2) is 29.1 Å². The normalized spacial score (nSPS) is 14.2. The van der Waals surface area contributed by atoms with Gasteiger partial charge in [0.15, 0.2) is 0 Å². The third kappa shape index (κ3) is 5.63. The fourth-order valence-electron chi connectivity index (χ4n) is 4.64. The molecule has 0 radical (unpaired) electrons. The molecule has 1 saturated carbocycles. The molecule has 1 N–H and O–H groups in total. The van der Waals surface area contributed by atoms with Crippen molar-refractivity contribution in [2.45, 2.75) is 71.4 Å². The van der Waals surface area contributed by atoms with Crippen LogP contribution in [-0.2, 0) is 6.61 Å². The predicted molar refractivity (Wildman–Crippen MR) is 137 cm³/mol. The minimum atomic E-state index is 0.0139. The maximum atomic E-state index is 13.0. The van der Waals surface area contributed by atoms with E-state index in [1.807, 2.05) is 30.3 Å². The Morgan fingerprint density at radius 2 is 1.91 bits per heavy atom. The number of thiazole rings is 1. The Hall–Kier alpha value is -2.80. The summed E-state index contributed by atoms with van der Waals surface area (Å²) in [4.78, 5) is 17.8. The Balaban J connectivity index is 1.56. The van der Waals surface area contributed by atoms with Crippen LogP contribution >= 0.6 is 11.3 Å². The van der Waals surface area contributed by atoms with Crippen LogP contribution in [0.2, 0.25) is 0 Å². The van der Waals surface area contributed by atoms with Crippen LogP contribution < -0.4 is 14.8 Å². The van der Waals surface area contributed by atoms with Gasteiger partial charge in [-0.3, -0.25) is 4.79 Å².